The molecule has 158 valence electrons. The van der Waals surface area contributed by atoms with Crippen LogP contribution in [0.25, 0.3) is 0 Å². The molecular weight excluding hydrogens is 383 g/mol. The first-order chi connectivity index (χ1) is 13.9. The summed E-state index contributed by atoms with van der Waals surface area (Å²) in [4.78, 5) is 40.1. The van der Waals surface area contributed by atoms with E-state index in [1.807, 2.05) is 0 Å². The molecule has 1 atom stereocenters. The molecule has 3 amide bonds. The molecule has 0 bridgehead atoms. The van der Waals surface area contributed by atoms with Gasteiger partial charge < -0.3 is 24.6 Å². The second-order valence-corrected chi connectivity index (χ2v) is 6.98. The average molecular weight is 408 g/mol. The van der Waals surface area contributed by atoms with Crippen LogP contribution in [0.3, 0.4) is 0 Å². The lowest BCUT2D eigenvalue weighted by Gasteiger charge is -2.35. The van der Waals surface area contributed by atoms with Gasteiger partial charge in [0.05, 0.1) is 37.6 Å². The van der Waals surface area contributed by atoms with Gasteiger partial charge in [0.2, 0.25) is 11.8 Å². The van der Waals surface area contributed by atoms with Gasteiger partial charge in [-0.2, -0.15) is 0 Å². The van der Waals surface area contributed by atoms with Crippen LogP contribution in [-0.2, 0) is 19.1 Å². The van der Waals surface area contributed by atoms with E-state index >= 15 is 0 Å². The molecule has 0 aliphatic carbocycles. The molecule has 1 N–H and O–H groups in total. The quantitative estimate of drug-likeness (QED) is 0.710. The molecule has 1 aromatic rings. The number of anilines is 2. The van der Waals surface area contributed by atoms with Crippen LogP contribution in [0.1, 0.15) is 6.92 Å². The maximum Gasteiger partial charge on any atom is 0.414 e. The van der Waals surface area contributed by atoms with Gasteiger partial charge in [0.25, 0.3) is 0 Å². The van der Waals surface area contributed by atoms with Crippen LogP contribution in [-0.4, -0.2) is 81.9 Å². The number of nitrogens with zero attached hydrogens (tertiary/aromatic N) is 3. The van der Waals surface area contributed by atoms with Gasteiger partial charge in [0.1, 0.15) is 11.9 Å². The summed E-state index contributed by atoms with van der Waals surface area (Å²) < 4.78 is 25.0. The minimum Gasteiger partial charge on any atom is -0.442 e. The van der Waals surface area contributed by atoms with Crippen LogP contribution in [0.2, 0.25) is 0 Å². The zero-order chi connectivity index (χ0) is 21.0. The molecular formula is C19H25FN4O5. The number of cyclic esters (lactones) is 1. The van der Waals surface area contributed by atoms with Crippen molar-refractivity contribution in [2.24, 2.45) is 0 Å². The van der Waals surface area contributed by atoms with Crippen molar-refractivity contribution < 1.29 is 28.2 Å². The topological polar surface area (TPSA) is 91.4 Å². The maximum atomic E-state index is 14.8. The minimum atomic E-state index is -0.588. The van der Waals surface area contributed by atoms with Gasteiger partial charge in [-0.05, 0) is 18.2 Å². The molecule has 0 saturated carbocycles. The van der Waals surface area contributed by atoms with Crippen LogP contribution in [0.5, 0.6) is 0 Å². The van der Waals surface area contributed by atoms with Crippen LogP contribution < -0.4 is 15.1 Å². The van der Waals surface area contributed by atoms with Crippen LogP contribution in [0, 0.1) is 5.82 Å². The molecule has 0 aromatic heterocycles. The first-order valence-electron chi connectivity index (χ1n) is 9.43. The third-order valence-corrected chi connectivity index (χ3v) is 4.92. The van der Waals surface area contributed by atoms with E-state index in [4.69, 9.17) is 9.47 Å². The summed E-state index contributed by atoms with van der Waals surface area (Å²) in [5.74, 6) is -0.814. The first-order valence-corrected chi connectivity index (χ1v) is 9.43. The summed E-state index contributed by atoms with van der Waals surface area (Å²) in [5.41, 5.74) is 0.683. The Morgan fingerprint density at radius 3 is 2.79 bits per heavy atom. The predicted molar refractivity (Wildman–Crippen MR) is 103 cm³/mol. The summed E-state index contributed by atoms with van der Waals surface area (Å²) in [7, 11) is 1.58. The zero-order valence-electron chi connectivity index (χ0n) is 16.5. The third kappa shape index (κ3) is 4.94. The molecule has 0 radical (unpaired) electrons. The van der Waals surface area contributed by atoms with Gasteiger partial charge in [-0.1, -0.05) is 0 Å². The van der Waals surface area contributed by atoms with Gasteiger partial charge >= 0.3 is 6.09 Å². The second-order valence-electron chi connectivity index (χ2n) is 6.98. The summed E-state index contributed by atoms with van der Waals surface area (Å²) in [6, 6.07) is 4.46. The average Bonchev–Trinajstić information content (AvgIpc) is 3.06. The molecule has 3 rings (SSSR count). The highest BCUT2D eigenvalue weighted by Gasteiger charge is 2.33. The Labute approximate surface area is 168 Å². The third-order valence-electron chi connectivity index (χ3n) is 4.92. The van der Waals surface area contributed by atoms with Crippen molar-refractivity contribution in [2.75, 3.05) is 62.8 Å². The number of hydrogen-bond donors (Lipinski definition) is 1. The van der Waals surface area contributed by atoms with Crippen LogP contribution in [0.4, 0.5) is 20.6 Å². The Hall–Kier alpha value is -2.88. The Balaban J connectivity index is 1.64. The van der Waals surface area contributed by atoms with Crippen LogP contribution >= 0.6 is 0 Å². The molecule has 29 heavy (non-hydrogen) atoms. The molecule has 1 aromatic carbocycles. The largest absolute Gasteiger partial charge is 0.442 e. The van der Waals surface area contributed by atoms with Gasteiger partial charge in [0, 0.05) is 33.7 Å². The van der Waals surface area contributed by atoms with Gasteiger partial charge in [-0.15, -0.1) is 0 Å². The van der Waals surface area contributed by atoms with Gasteiger partial charge in [-0.3, -0.25) is 14.5 Å². The van der Waals surface area contributed by atoms with Crippen molar-refractivity contribution in [2.45, 2.75) is 13.0 Å². The number of piperazine rings is 1. The highest BCUT2D eigenvalue weighted by atomic mass is 19.1. The second kappa shape index (κ2) is 9.08. The van der Waals surface area contributed by atoms with E-state index in [2.05, 4.69) is 5.32 Å². The molecule has 9 nitrogen and oxygen atoms in total. The van der Waals surface area contributed by atoms with Crippen LogP contribution in [0.15, 0.2) is 18.2 Å². The van der Waals surface area contributed by atoms with Crippen molar-refractivity contribution in [3.63, 3.8) is 0 Å². The van der Waals surface area contributed by atoms with E-state index < -0.39 is 18.0 Å². The number of methoxy groups -OCH3 is 1. The van der Waals surface area contributed by atoms with E-state index in [-0.39, 0.29) is 31.4 Å². The molecule has 2 saturated heterocycles. The predicted octanol–water partition coefficient (Wildman–Crippen LogP) is 0.582. The first kappa shape index (κ1) is 20.8. The van der Waals surface area contributed by atoms with Gasteiger partial charge in [0.15, 0.2) is 0 Å². The fourth-order valence-corrected chi connectivity index (χ4v) is 3.37. The molecule has 2 fully saturated rings. The number of amides is 3. The van der Waals surface area contributed by atoms with E-state index in [9.17, 15) is 18.8 Å². The Morgan fingerprint density at radius 2 is 2.14 bits per heavy atom. The fraction of sp³-hybridized carbons (Fsp3) is 0.526. The lowest BCUT2D eigenvalue weighted by molar-refractivity contribution is -0.131. The highest BCUT2D eigenvalue weighted by Crippen LogP contribution is 2.28. The molecule has 2 aliphatic heterocycles. The number of carbonyl (C=O) groups excluding carboxylic acids is 3. The molecule has 0 spiro atoms. The number of halogens is 1. The van der Waals surface area contributed by atoms with Crippen molar-refractivity contribution in [1.82, 2.24) is 10.2 Å². The van der Waals surface area contributed by atoms with Gasteiger partial charge in [-0.25, -0.2) is 9.18 Å². The molecule has 1 unspecified atom stereocenters. The SMILES string of the molecule is COCCN1CCN(c2ccc(N3CC(CNC(C)=O)OC3=O)cc2F)CC1=O. The summed E-state index contributed by atoms with van der Waals surface area (Å²) in [5, 5.41) is 2.60. The number of rotatable bonds is 7. The minimum absolute atomic E-state index is 0.0827. The Kier molecular flexibility index (Phi) is 6.53. The smallest absolute Gasteiger partial charge is 0.414 e. The standard InChI is InChI=1S/C19H25FN4O5/c1-13(25)21-10-15-11-24(19(27)29-15)14-3-4-17(16(20)9-14)23-6-5-22(7-8-28-2)18(26)12-23/h3-4,9,15H,5-8,10-12H2,1-2H3,(H,21,25). The summed E-state index contributed by atoms with van der Waals surface area (Å²) >= 11 is 0. The van der Waals surface area contributed by atoms with Crippen molar-refractivity contribution >= 4 is 29.3 Å². The van der Waals surface area contributed by atoms with E-state index in [1.165, 1.54) is 17.9 Å². The lowest BCUT2D eigenvalue weighted by Crippen LogP contribution is -2.51. The summed E-state index contributed by atoms with van der Waals surface area (Å²) in [6.07, 6.45) is -1.08. The van der Waals surface area contributed by atoms with E-state index in [0.717, 1.165) is 0 Å². The highest BCUT2D eigenvalue weighted by molar-refractivity contribution is 5.90. The fourth-order valence-electron chi connectivity index (χ4n) is 3.37. The number of ether oxygens (including phenoxy) is 2. The van der Waals surface area contributed by atoms with Crippen molar-refractivity contribution in [3.05, 3.63) is 24.0 Å². The Bertz CT molecular complexity index is 790. The monoisotopic (exact) mass is 408 g/mol. The maximum absolute atomic E-state index is 14.8. The number of nitrogens with one attached hydrogen (secondary N) is 1. The zero-order valence-corrected chi connectivity index (χ0v) is 16.5. The van der Waals surface area contributed by atoms with E-state index in [1.54, 1.807) is 29.0 Å². The number of carbonyl (C=O) groups is 3. The normalized spacial score (nSPS) is 19.6. The number of hydrogen-bond acceptors (Lipinski definition) is 6. The van der Waals surface area contributed by atoms with Crippen molar-refractivity contribution in [3.8, 4) is 0 Å². The Morgan fingerprint density at radius 1 is 1.34 bits per heavy atom. The summed E-state index contributed by atoms with van der Waals surface area (Å²) in [6.45, 7) is 3.87. The van der Waals surface area contributed by atoms with Crippen molar-refractivity contribution in [1.29, 1.82) is 0 Å². The molecule has 2 heterocycles. The lowest BCUT2D eigenvalue weighted by atomic mass is 10.2. The molecule has 2 aliphatic rings. The molecule has 10 heteroatoms. The van der Waals surface area contributed by atoms with E-state index in [0.29, 0.717) is 37.6 Å². The number of benzene rings is 1.